The molecule has 2 heterocycles. The molecule has 0 unspecified atom stereocenters. The van der Waals surface area contributed by atoms with E-state index < -0.39 is 58.0 Å². The average molecular weight is 648 g/mol. The van der Waals surface area contributed by atoms with Crippen molar-refractivity contribution < 1.29 is 32.3 Å². The number of ketones is 1. The summed E-state index contributed by atoms with van der Waals surface area (Å²) in [6.07, 6.45) is -0.343. The second kappa shape index (κ2) is 12.8. The molecule has 0 saturated heterocycles. The number of halogens is 5. The van der Waals surface area contributed by atoms with Gasteiger partial charge >= 0.3 is 12.1 Å². The van der Waals surface area contributed by atoms with Gasteiger partial charge in [-0.1, -0.05) is 64.7 Å². The third kappa shape index (κ3) is 7.19. The monoisotopic (exact) mass is 646 g/mol. The Morgan fingerprint density at radius 1 is 1.09 bits per heavy atom. The molecular formula is C30H39Cl2F3N4O4. The van der Waals surface area contributed by atoms with Gasteiger partial charge in [-0.2, -0.15) is 18.3 Å². The van der Waals surface area contributed by atoms with Crippen LogP contribution in [0.3, 0.4) is 0 Å². The van der Waals surface area contributed by atoms with Crippen molar-refractivity contribution >= 4 is 40.9 Å². The molecule has 2 aromatic rings. The van der Waals surface area contributed by atoms with E-state index in [0.717, 1.165) is 15.8 Å². The predicted molar refractivity (Wildman–Crippen MR) is 157 cm³/mol. The molecule has 1 aliphatic carbocycles. The summed E-state index contributed by atoms with van der Waals surface area (Å²) >= 11 is 12.3. The molecule has 0 aliphatic heterocycles. The van der Waals surface area contributed by atoms with E-state index in [4.69, 9.17) is 27.9 Å². The van der Waals surface area contributed by atoms with Crippen molar-refractivity contribution in [3.8, 4) is 0 Å². The number of hydrogen-bond acceptors (Lipinski definition) is 6. The van der Waals surface area contributed by atoms with Crippen molar-refractivity contribution in [2.75, 3.05) is 19.7 Å². The van der Waals surface area contributed by atoms with Gasteiger partial charge in [0.25, 0.3) is 5.91 Å². The number of pyridine rings is 1. The van der Waals surface area contributed by atoms with Crippen molar-refractivity contribution in [2.24, 2.45) is 16.2 Å². The van der Waals surface area contributed by atoms with E-state index >= 15 is 0 Å². The van der Waals surface area contributed by atoms with Crippen LogP contribution in [-0.2, 0) is 15.7 Å². The van der Waals surface area contributed by atoms with Crippen LogP contribution in [0.5, 0.6) is 0 Å². The van der Waals surface area contributed by atoms with Crippen LogP contribution >= 0.6 is 23.2 Å². The maximum Gasteiger partial charge on any atom is 0.433 e. The summed E-state index contributed by atoms with van der Waals surface area (Å²) in [7, 11) is 0. The molecule has 2 aromatic heterocycles. The quantitative estimate of drug-likeness (QED) is 0.205. The van der Waals surface area contributed by atoms with Crippen molar-refractivity contribution in [3.63, 3.8) is 0 Å². The lowest BCUT2D eigenvalue weighted by atomic mass is 9.55. The number of rotatable bonds is 9. The summed E-state index contributed by atoms with van der Waals surface area (Å²) in [4.78, 5) is 45.0. The molecule has 43 heavy (non-hydrogen) atoms. The normalized spacial score (nSPS) is 20.5. The largest absolute Gasteiger partial charge is 0.466 e. The molecule has 1 amide bonds. The molecule has 2 atom stereocenters. The fourth-order valence-electron chi connectivity index (χ4n) is 6.24. The Morgan fingerprint density at radius 3 is 2.19 bits per heavy atom. The molecule has 3 rings (SSSR count). The van der Waals surface area contributed by atoms with E-state index in [0.29, 0.717) is 12.8 Å². The number of aromatic nitrogens is 3. The summed E-state index contributed by atoms with van der Waals surface area (Å²) < 4.78 is 50.4. The van der Waals surface area contributed by atoms with Crippen LogP contribution in [0, 0.1) is 16.2 Å². The molecule has 0 aromatic carbocycles. The van der Waals surface area contributed by atoms with E-state index in [2.05, 4.69) is 10.1 Å². The number of ether oxygens (including phenoxy) is 1. The lowest BCUT2D eigenvalue weighted by Crippen LogP contribution is -2.50. The van der Waals surface area contributed by atoms with E-state index in [1.165, 1.54) is 12.4 Å². The highest BCUT2D eigenvalue weighted by Crippen LogP contribution is 2.56. The highest BCUT2D eigenvalue weighted by molar-refractivity contribution is 6.39. The van der Waals surface area contributed by atoms with Crippen LogP contribution in [0.25, 0.3) is 0 Å². The fourth-order valence-corrected chi connectivity index (χ4v) is 6.82. The van der Waals surface area contributed by atoms with Gasteiger partial charge in [0.05, 0.1) is 52.0 Å². The van der Waals surface area contributed by atoms with Crippen LogP contribution in [0.1, 0.15) is 107 Å². The number of hydrogen-bond donors (Lipinski definition) is 0. The van der Waals surface area contributed by atoms with Crippen LogP contribution in [0.2, 0.25) is 10.0 Å². The average Bonchev–Trinajstić information content (AvgIpc) is 3.33. The topological polar surface area (TPSA) is 94.4 Å². The summed E-state index contributed by atoms with van der Waals surface area (Å²) in [6, 6.07) is -0.727. The van der Waals surface area contributed by atoms with Crippen LogP contribution in [-0.4, -0.2) is 57.0 Å². The van der Waals surface area contributed by atoms with Gasteiger partial charge in [-0.3, -0.25) is 24.0 Å². The first-order valence-corrected chi connectivity index (χ1v) is 15.0. The zero-order valence-corrected chi connectivity index (χ0v) is 27.1. The van der Waals surface area contributed by atoms with Crippen molar-refractivity contribution in [1.82, 2.24) is 19.7 Å². The molecule has 13 heteroatoms. The zero-order valence-electron chi connectivity index (χ0n) is 25.6. The standard InChI is InChI=1S/C30H39Cl2F3N4O4/c1-8-29(26(42)43-9-2)11-10-18(12-28(29,6)7)39-24(30(33,34)35)19(13-37-39)25(41)38(17-27(3,4)5)16-22(40)23-20(31)14-36-15-21(23)32/h13-15,18H,8-12,16-17H2,1-7H3/t18-,29+/m0/s1. The number of alkyl halides is 3. The highest BCUT2D eigenvalue weighted by atomic mass is 35.5. The Hall–Kier alpha value is -2.66. The van der Waals surface area contributed by atoms with Gasteiger partial charge in [-0.15, -0.1) is 0 Å². The molecule has 238 valence electrons. The number of carbonyl (C=O) groups is 3. The molecular weight excluding hydrogens is 608 g/mol. The Morgan fingerprint density at radius 2 is 1.70 bits per heavy atom. The van der Waals surface area contributed by atoms with Crippen molar-refractivity contribution in [2.45, 2.75) is 86.4 Å². The van der Waals surface area contributed by atoms with Gasteiger partial charge in [0, 0.05) is 18.9 Å². The van der Waals surface area contributed by atoms with Gasteiger partial charge in [-0.25, -0.2) is 0 Å². The minimum absolute atomic E-state index is 0.0321. The maximum absolute atomic E-state index is 14.7. The predicted octanol–water partition coefficient (Wildman–Crippen LogP) is 7.69. The number of nitrogens with zero attached hydrogens (tertiary/aromatic N) is 4. The Bertz CT molecular complexity index is 1350. The Kier molecular flexibility index (Phi) is 10.3. The van der Waals surface area contributed by atoms with Gasteiger partial charge in [0.1, 0.15) is 0 Å². The van der Waals surface area contributed by atoms with Crippen LogP contribution < -0.4 is 0 Å². The van der Waals surface area contributed by atoms with Crippen LogP contribution in [0.15, 0.2) is 18.6 Å². The third-order valence-electron chi connectivity index (χ3n) is 8.27. The Balaban J connectivity index is 2.03. The summed E-state index contributed by atoms with van der Waals surface area (Å²) in [5.41, 5.74) is -4.06. The molecule has 1 aliphatic rings. The van der Waals surface area contributed by atoms with Crippen molar-refractivity contribution in [3.05, 3.63) is 45.5 Å². The smallest absolute Gasteiger partial charge is 0.433 e. The molecule has 0 spiro atoms. The first-order chi connectivity index (χ1) is 19.8. The molecule has 1 fully saturated rings. The Labute approximate surface area is 260 Å². The molecule has 0 radical (unpaired) electrons. The minimum Gasteiger partial charge on any atom is -0.466 e. The first-order valence-electron chi connectivity index (χ1n) is 14.2. The van der Waals surface area contributed by atoms with Gasteiger partial charge < -0.3 is 9.64 Å². The fraction of sp³-hybridized carbons (Fsp3) is 0.633. The van der Waals surface area contributed by atoms with E-state index in [1.54, 1.807) is 27.7 Å². The van der Waals surface area contributed by atoms with Crippen LogP contribution in [0.4, 0.5) is 13.2 Å². The summed E-state index contributed by atoms with van der Waals surface area (Å²) in [5, 5.41) is 4.03. The van der Waals surface area contributed by atoms with Gasteiger partial charge in [0.2, 0.25) is 0 Å². The van der Waals surface area contributed by atoms with Crippen molar-refractivity contribution in [1.29, 1.82) is 0 Å². The SMILES string of the molecule is CCOC(=O)[C@@]1(CC)CC[C@H](n2ncc(C(=O)N(CC(=O)c3c(Cl)cncc3Cl)CC(C)(C)C)c2C(F)(F)F)CC1(C)C. The molecule has 8 nitrogen and oxygen atoms in total. The molecule has 1 saturated carbocycles. The van der Waals surface area contributed by atoms with E-state index in [1.807, 2.05) is 20.8 Å². The van der Waals surface area contributed by atoms with E-state index in [-0.39, 0.29) is 47.6 Å². The van der Waals surface area contributed by atoms with Gasteiger partial charge in [0.15, 0.2) is 11.5 Å². The number of amides is 1. The first kappa shape index (κ1) is 34.8. The number of Topliss-reactive ketones (excluding diaryl/α,β-unsaturated/α-hetero) is 1. The third-order valence-corrected chi connectivity index (χ3v) is 8.85. The minimum atomic E-state index is -4.93. The lowest BCUT2D eigenvalue weighted by Gasteiger charge is -2.50. The lowest BCUT2D eigenvalue weighted by molar-refractivity contribution is -0.171. The maximum atomic E-state index is 14.7. The number of esters is 1. The molecule has 0 bridgehead atoms. The molecule has 0 N–H and O–H groups in total. The highest BCUT2D eigenvalue weighted by Gasteiger charge is 2.55. The van der Waals surface area contributed by atoms with E-state index in [9.17, 15) is 27.6 Å². The second-order valence-electron chi connectivity index (χ2n) is 12.9. The number of carbonyl (C=O) groups excluding carboxylic acids is 3. The van der Waals surface area contributed by atoms with Gasteiger partial charge in [-0.05, 0) is 43.4 Å². The summed E-state index contributed by atoms with van der Waals surface area (Å²) in [6.45, 7) is 12.3. The summed E-state index contributed by atoms with van der Waals surface area (Å²) in [5.74, 6) is -1.99. The second-order valence-corrected chi connectivity index (χ2v) is 13.7. The zero-order chi connectivity index (χ0) is 32.5.